The number of aryl methyl sites for hydroxylation is 1. The monoisotopic (exact) mass is 551 g/mol. The molecule has 0 unspecified atom stereocenters. The lowest BCUT2D eigenvalue weighted by Gasteiger charge is -2.38. The average molecular weight is 552 g/mol. The van der Waals surface area contributed by atoms with Gasteiger partial charge in [0.15, 0.2) is 0 Å². The molecule has 4 heterocycles. The van der Waals surface area contributed by atoms with E-state index in [1.54, 1.807) is 13.3 Å². The molecule has 2 saturated heterocycles. The van der Waals surface area contributed by atoms with Gasteiger partial charge in [-0.05, 0) is 63.0 Å². The van der Waals surface area contributed by atoms with Crippen molar-refractivity contribution in [1.82, 2.24) is 19.4 Å². The van der Waals surface area contributed by atoms with Gasteiger partial charge in [-0.1, -0.05) is 24.8 Å². The van der Waals surface area contributed by atoms with Crippen LogP contribution in [0.25, 0.3) is 22.2 Å². The number of piperidine rings is 1. The fourth-order valence-corrected chi connectivity index (χ4v) is 6.19. The molecule has 1 amide bonds. The molecule has 9 heteroatoms. The summed E-state index contributed by atoms with van der Waals surface area (Å²) in [7, 11) is 3.69. The van der Waals surface area contributed by atoms with E-state index in [9.17, 15) is 4.79 Å². The van der Waals surface area contributed by atoms with Gasteiger partial charge in [-0.15, -0.1) is 0 Å². The number of nitrogens with zero attached hydrogens (tertiary/aromatic N) is 5. The minimum absolute atomic E-state index is 0.261. The van der Waals surface area contributed by atoms with Crippen molar-refractivity contribution in [1.29, 1.82) is 0 Å². The normalized spacial score (nSPS) is 16.2. The van der Waals surface area contributed by atoms with E-state index < -0.39 is 0 Å². The van der Waals surface area contributed by atoms with E-state index in [2.05, 4.69) is 54.9 Å². The number of hydrogen-bond acceptors (Lipinski definition) is 7. The molecule has 2 aliphatic heterocycles. The predicted molar refractivity (Wildman–Crippen MR) is 165 cm³/mol. The van der Waals surface area contributed by atoms with Crippen molar-refractivity contribution >= 4 is 39.8 Å². The minimum Gasteiger partial charge on any atom is -0.494 e. The summed E-state index contributed by atoms with van der Waals surface area (Å²) in [4.78, 5) is 26.7. The number of fused-ring (bicyclic) bond motifs is 1. The molecule has 9 nitrogen and oxygen atoms in total. The predicted octanol–water partition coefficient (Wildman–Crippen LogP) is 5.58. The summed E-state index contributed by atoms with van der Waals surface area (Å²) in [5.41, 5.74) is 5.29. The summed E-state index contributed by atoms with van der Waals surface area (Å²) in [6.07, 6.45) is 9.94. The second-order valence-corrected chi connectivity index (χ2v) is 10.8. The number of ether oxygens (including phenoxy) is 1. The van der Waals surface area contributed by atoms with Crippen LogP contribution in [-0.2, 0) is 11.8 Å². The van der Waals surface area contributed by atoms with Gasteiger partial charge in [-0.25, -0.2) is 9.97 Å². The van der Waals surface area contributed by atoms with Gasteiger partial charge in [-0.3, -0.25) is 4.79 Å². The zero-order valence-corrected chi connectivity index (χ0v) is 23.8. The number of rotatable bonds is 8. The molecule has 212 valence electrons. The molecule has 4 aromatic rings. The lowest BCUT2D eigenvalue weighted by atomic mass is 10.0. The maximum atomic E-state index is 12.4. The Labute approximate surface area is 240 Å². The minimum atomic E-state index is -0.261. The van der Waals surface area contributed by atoms with E-state index >= 15 is 0 Å². The zero-order valence-electron chi connectivity index (χ0n) is 23.8. The van der Waals surface area contributed by atoms with E-state index in [1.807, 2.05) is 37.4 Å². The Morgan fingerprint density at radius 2 is 1.85 bits per heavy atom. The number of aromatic nitrogens is 3. The topological polar surface area (TPSA) is 87.5 Å². The molecule has 2 N–H and O–H groups in total. The lowest BCUT2D eigenvalue weighted by molar-refractivity contribution is -0.111. The molecule has 0 atom stereocenters. The number of nitrogens with one attached hydrogen (secondary N) is 2. The van der Waals surface area contributed by atoms with Crippen LogP contribution in [0.2, 0.25) is 0 Å². The number of carbonyl (C=O) groups excluding carboxylic acids is 1. The number of carbonyl (C=O) groups is 1. The van der Waals surface area contributed by atoms with Crippen LogP contribution in [0, 0.1) is 0 Å². The van der Waals surface area contributed by atoms with Crippen molar-refractivity contribution < 1.29 is 9.53 Å². The number of amides is 1. The van der Waals surface area contributed by atoms with Crippen molar-refractivity contribution in [2.24, 2.45) is 7.05 Å². The smallest absolute Gasteiger partial charge is 0.247 e. The summed E-state index contributed by atoms with van der Waals surface area (Å²) >= 11 is 0. The molecular weight excluding hydrogens is 514 g/mol. The Kier molecular flexibility index (Phi) is 7.61. The fraction of sp³-hybridized carbons (Fsp3) is 0.344. The van der Waals surface area contributed by atoms with Gasteiger partial charge in [0.2, 0.25) is 11.9 Å². The molecule has 2 aliphatic rings. The number of benzene rings is 2. The van der Waals surface area contributed by atoms with E-state index in [1.165, 1.54) is 32.0 Å². The highest BCUT2D eigenvalue weighted by atomic mass is 16.5. The lowest BCUT2D eigenvalue weighted by Crippen LogP contribution is -2.44. The molecule has 0 bridgehead atoms. The van der Waals surface area contributed by atoms with E-state index in [0.717, 1.165) is 53.8 Å². The van der Waals surface area contributed by atoms with Gasteiger partial charge in [0, 0.05) is 61.1 Å². The number of para-hydroxylation sites is 1. The van der Waals surface area contributed by atoms with E-state index in [0.29, 0.717) is 29.1 Å². The van der Waals surface area contributed by atoms with Crippen LogP contribution in [0.5, 0.6) is 5.75 Å². The maximum Gasteiger partial charge on any atom is 0.247 e. The van der Waals surface area contributed by atoms with Crippen molar-refractivity contribution in [3.05, 3.63) is 67.5 Å². The largest absolute Gasteiger partial charge is 0.494 e. The first-order valence-electron chi connectivity index (χ1n) is 14.3. The van der Waals surface area contributed by atoms with Gasteiger partial charge in [0.1, 0.15) is 5.75 Å². The summed E-state index contributed by atoms with van der Waals surface area (Å²) in [5, 5.41) is 7.48. The molecule has 6 rings (SSSR count). The van der Waals surface area contributed by atoms with Crippen LogP contribution in [0.4, 0.5) is 23.0 Å². The van der Waals surface area contributed by atoms with Gasteiger partial charge < -0.3 is 29.7 Å². The Morgan fingerprint density at radius 3 is 2.61 bits per heavy atom. The molecule has 0 radical (unpaired) electrons. The van der Waals surface area contributed by atoms with Crippen LogP contribution in [-0.4, -0.2) is 64.7 Å². The third kappa shape index (κ3) is 5.50. The van der Waals surface area contributed by atoms with Crippen molar-refractivity contribution in [2.75, 3.05) is 48.8 Å². The molecule has 0 saturated carbocycles. The van der Waals surface area contributed by atoms with E-state index in [4.69, 9.17) is 9.72 Å². The number of likely N-dealkylation sites (tertiary alicyclic amines) is 1. The maximum absolute atomic E-state index is 12.4. The molecule has 2 aromatic heterocycles. The summed E-state index contributed by atoms with van der Waals surface area (Å²) < 4.78 is 7.93. The van der Waals surface area contributed by atoms with Gasteiger partial charge >= 0.3 is 0 Å². The summed E-state index contributed by atoms with van der Waals surface area (Å²) in [6, 6.07) is 14.7. The van der Waals surface area contributed by atoms with Crippen molar-refractivity contribution in [3.63, 3.8) is 0 Å². The first-order chi connectivity index (χ1) is 20.0. The summed E-state index contributed by atoms with van der Waals surface area (Å²) in [6.45, 7) is 7.91. The Hall–Kier alpha value is -4.37. The molecule has 0 aliphatic carbocycles. The Morgan fingerprint density at radius 1 is 1.07 bits per heavy atom. The van der Waals surface area contributed by atoms with Crippen LogP contribution < -0.4 is 20.3 Å². The second kappa shape index (κ2) is 11.6. The van der Waals surface area contributed by atoms with Gasteiger partial charge in [0.05, 0.1) is 29.9 Å². The fourth-order valence-electron chi connectivity index (χ4n) is 6.19. The first kappa shape index (κ1) is 26.8. The summed E-state index contributed by atoms with van der Waals surface area (Å²) in [5.74, 6) is 0.829. The number of methoxy groups -OCH3 is 1. The molecular formula is C32H37N7O2. The highest BCUT2D eigenvalue weighted by Crippen LogP contribution is 2.40. The quantitative estimate of drug-likeness (QED) is 0.277. The van der Waals surface area contributed by atoms with E-state index in [-0.39, 0.29) is 5.91 Å². The molecule has 0 spiro atoms. The molecule has 41 heavy (non-hydrogen) atoms. The van der Waals surface area contributed by atoms with Gasteiger partial charge in [0.25, 0.3) is 0 Å². The van der Waals surface area contributed by atoms with Crippen LogP contribution in [0.15, 0.2) is 67.5 Å². The third-order valence-corrected chi connectivity index (χ3v) is 8.30. The zero-order chi connectivity index (χ0) is 28.3. The van der Waals surface area contributed by atoms with Crippen molar-refractivity contribution in [3.8, 4) is 17.0 Å². The third-order valence-electron chi connectivity index (χ3n) is 8.30. The standard InChI is InChI=1S/C32H37N7O2/c1-4-31(40)34-26-19-27(30(41-3)20-29(26)39-17-12-22(13-18-39)38-15-7-8-16-38)36-32-33-14-11-25(35-32)24-21-37(2)28-10-6-5-9-23(24)28/h4-6,9-11,14,19-22H,1,7-8,12-13,15-18H2,2-3H3,(H,34,40)(H,33,35,36). The number of anilines is 4. The highest BCUT2D eigenvalue weighted by Gasteiger charge is 2.28. The van der Waals surface area contributed by atoms with Crippen molar-refractivity contribution in [2.45, 2.75) is 31.7 Å². The van der Waals surface area contributed by atoms with Crippen LogP contribution >= 0.6 is 0 Å². The SMILES string of the molecule is C=CC(=O)Nc1cc(Nc2nccc(-c3cn(C)c4ccccc34)n2)c(OC)cc1N1CCC(N2CCCC2)CC1. The second-order valence-electron chi connectivity index (χ2n) is 10.8. The Balaban J connectivity index is 1.29. The van der Waals surface area contributed by atoms with Crippen LogP contribution in [0.1, 0.15) is 25.7 Å². The molecule has 2 aromatic carbocycles. The Bertz CT molecular complexity index is 1570. The van der Waals surface area contributed by atoms with Crippen LogP contribution in [0.3, 0.4) is 0 Å². The molecule has 2 fully saturated rings. The average Bonchev–Trinajstić information content (AvgIpc) is 3.66. The van der Waals surface area contributed by atoms with Gasteiger partial charge in [-0.2, -0.15) is 0 Å². The first-order valence-corrected chi connectivity index (χ1v) is 14.3. The highest BCUT2D eigenvalue weighted by molar-refractivity contribution is 6.02. The number of hydrogen-bond donors (Lipinski definition) is 2.